The first kappa shape index (κ1) is 8.08. The van der Waals surface area contributed by atoms with E-state index in [0.29, 0.717) is 6.42 Å². The number of rotatable bonds is 2. The summed E-state index contributed by atoms with van der Waals surface area (Å²) < 4.78 is 0. The summed E-state index contributed by atoms with van der Waals surface area (Å²) >= 11 is 1.85. The van der Waals surface area contributed by atoms with Gasteiger partial charge in [0.05, 0.1) is 0 Å². The van der Waals surface area contributed by atoms with E-state index >= 15 is 0 Å². The summed E-state index contributed by atoms with van der Waals surface area (Å²) in [6.07, 6.45) is 1.55. The lowest BCUT2D eigenvalue weighted by Crippen LogP contribution is -2.41. The van der Waals surface area contributed by atoms with Gasteiger partial charge in [-0.05, 0) is 19.1 Å². The largest absolute Gasteiger partial charge is 0.324 e. The van der Waals surface area contributed by atoms with E-state index in [4.69, 9.17) is 5.73 Å². The van der Waals surface area contributed by atoms with Crippen LogP contribution in [0.5, 0.6) is 0 Å². The second kappa shape index (κ2) is 2.93. The lowest BCUT2D eigenvalue weighted by Gasteiger charge is -2.20. The van der Waals surface area contributed by atoms with Crippen molar-refractivity contribution >= 4 is 17.5 Å². The van der Waals surface area contributed by atoms with E-state index in [2.05, 4.69) is 0 Å². The molecule has 1 saturated heterocycles. The highest BCUT2D eigenvalue weighted by Crippen LogP contribution is 2.28. The number of hydrogen-bond acceptors (Lipinski definition) is 3. The van der Waals surface area contributed by atoms with Crippen molar-refractivity contribution in [2.45, 2.75) is 25.3 Å². The molecule has 1 aliphatic heterocycles. The standard InChI is InChI=1S/C7H13NOS/c1-6(9)4-7(8)2-3-10-5-7/h2-5,8H2,1H3. The van der Waals surface area contributed by atoms with Crippen molar-refractivity contribution in [2.75, 3.05) is 11.5 Å². The molecule has 2 N–H and O–H groups in total. The molecule has 1 fully saturated rings. The molecular weight excluding hydrogens is 146 g/mol. The van der Waals surface area contributed by atoms with Gasteiger partial charge >= 0.3 is 0 Å². The van der Waals surface area contributed by atoms with Crippen LogP contribution in [-0.2, 0) is 4.79 Å². The molecule has 1 atom stereocenters. The summed E-state index contributed by atoms with van der Waals surface area (Å²) in [5.74, 6) is 2.28. The summed E-state index contributed by atoms with van der Waals surface area (Å²) in [5, 5.41) is 0. The molecular formula is C7H13NOS. The zero-order valence-electron chi connectivity index (χ0n) is 6.22. The number of nitrogens with two attached hydrogens (primary N) is 1. The molecule has 1 rings (SSSR count). The quantitative estimate of drug-likeness (QED) is 0.648. The number of carbonyl (C=O) groups excluding carboxylic acids is 1. The molecule has 0 aromatic rings. The van der Waals surface area contributed by atoms with Crippen LogP contribution in [0.15, 0.2) is 0 Å². The topological polar surface area (TPSA) is 43.1 Å². The molecule has 0 bridgehead atoms. The lowest BCUT2D eigenvalue weighted by molar-refractivity contribution is -0.117. The van der Waals surface area contributed by atoms with Gasteiger partial charge in [-0.1, -0.05) is 0 Å². The minimum absolute atomic E-state index is 0.170. The molecule has 2 nitrogen and oxygen atoms in total. The van der Waals surface area contributed by atoms with Crippen molar-refractivity contribution in [1.29, 1.82) is 0 Å². The summed E-state index contributed by atoms with van der Waals surface area (Å²) in [5.41, 5.74) is 5.75. The highest BCUT2D eigenvalue weighted by atomic mass is 32.2. The SMILES string of the molecule is CC(=O)CC1(N)CCSC1. The second-order valence-electron chi connectivity index (χ2n) is 3.04. The van der Waals surface area contributed by atoms with Gasteiger partial charge < -0.3 is 5.73 Å². The maximum Gasteiger partial charge on any atom is 0.131 e. The van der Waals surface area contributed by atoms with Gasteiger partial charge in [-0.3, -0.25) is 4.79 Å². The molecule has 1 unspecified atom stereocenters. The first-order chi connectivity index (χ1) is 4.62. The number of Topliss-reactive ketones (excluding diaryl/α,β-unsaturated/α-hetero) is 1. The van der Waals surface area contributed by atoms with Crippen LogP contribution >= 0.6 is 11.8 Å². The summed E-state index contributed by atoms with van der Waals surface area (Å²) in [6, 6.07) is 0. The van der Waals surface area contributed by atoms with E-state index in [1.807, 2.05) is 11.8 Å². The van der Waals surface area contributed by atoms with E-state index in [0.717, 1.165) is 17.9 Å². The molecule has 0 radical (unpaired) electrons. The molecule has 0 spiro atoms. The maximum atomic E-state index is 10.7. The summed E-state index contributed by atoms with van der Waals surface area (Å²) in [4.78, 5) is 10.7. The van der Waals surface area contributed by atoms with Gasteiger partial charge in [0.1, 0.15) is 5.78 Å². The van der Waals surface area contributed by atoms with E-state index in [1.165, 1.54) is 0 Å². The van der Waals surface area contributed by atoms with Crippen LogP contribution in [-0.4, -0.2) is 22.8 Å². The first-order valence-corrected chi connectivity index (χ1v) is 4.64. The molecule has 0 aromatic heterocycles. The Morgan fingerprint density at radius 3 is 2.90 bits per heavy atom. The Labute approximate surface area is 65.5 Å². The van der Waals surface area contributed by atoms with Crippen LogP contribution < -0.4 is 5.73 Å². The molecule has 0 aromatic carbocycles. The Bertz CT molecular complexity index is 141. The fourth-order valence-electron chi connectivity index (χ4n) is 1.26. The van der Waals surface area contributed by atoms with Gasteiger partial charge in [-0.25, -0.2) is 0 Å². The average Bonchev–Trinajstić information content (AvgIpc) is 2.12. The van der Waals surface area contributed by atoms with Crippen molar-refractivity contribution < 1.29 is 4.79 Å². The lowest BCUT2D eigenvalue weighted by atomic mass is 9.94. The average molecular weight is 159 g/mol. The molecule has 3 heteroatoms. The Hall–Kier alpha value is -0.0200. The summed E-state index contributed by atoms with van der Waals surface area (Å²) in [7, 11) is 0. The van der Waals surface area contributed by atoms with Crippen molar-refractivity contribution in [1.82, 2.24) is 0 Å². The first-order valence-electron chi connectivity index (χ1n) is 3.48. The minimum Gasteiger partial charge on any atom is -0.324 e. The van der Waals surface area contributed by atoms with Gasteiger partial charge in [0.2, 0.25) is 0 Å². The molecule has 0 saturated carbocycles. The number of thioether (sulfide) groups is 1. The fraction of sp³-hybridized carbons (Fsp3) is 0.857. The predicted octanol–water partition coefficient (Wildman–Crippen LogP) is 0.800. The minimum atomic E-state index is -0.170. The second-order valence-corrected chi connectivity index (χ2v) is 4.15. The molecule has 10 heavy (non-hydrogen) atoms. The highest BCUT2D eigenvalue weighted by molar-refractivity contribution is 7.99. The third-order valence-electron chi connectivity index (χ3n) is 1.73. The van der Waals surface area contributed by atoms with Crippen molar-refractivity contribution in [3.8, 4) is 0 Å². The van der Waals surface area contributed by atoms with Gasteiger partial charge in [-0.2, -0.15) is 11.8 Å². The zero-order chi connectivity index (χ0) is 7.61. The normalized spacial score (nSPS) is 32.6. The third kappa shape index (κ3) is 1.99. The van der Waals surface area contributed by atoms with Crippen molar-refractivity contribution in [3.05, 3.63) is 0 Å². The van der Waals surface area contributed by atoms with Gasteiger partial charge in [0, 0.05) is 17.7 Å². The Morgan fingerprint density at radius 2 is 2.50 bits per heavy atom. The molecule has 0 aliphatic carbocycles. The van der Waals surface area contributed by atoms with E-state index in [9.17, 15) is 4.79 Å². The van der Waals surface area contributed by atoms with Crippen molar-refractivity contribution in [3.63, 3.8) is 0 Å². The van der Waals surface area contributed by atoms with Crippen LogP contribution in [0.1, 0.15) is 19.8 Å². The Balaban J connectivity index is 2.43. The van der Waals surface area contributed by atoms with Crippen LogP contribution in [0, 0.1) is 0 Å². The third-order valence-corrected chi connectivity index (χ3v) is 3.01. The zero-order valence-corrected chi connectivity index (χ0v) is 7.04. The van der Waals surface area contributed by atoms with Gasteiger partial charge in [-0.15, -0.1) is 0 Å². The maximum absolute atomic E-state index is 10.7. The Morgan fingerprint density at radius 1 is 1.80 bits per heavy atom. The molecule has 1 aliphatic rings. The Kier molecular flexibility index (Phi) is 2.36. The number of ketones is 1. The van der Waals surface area contributed by atoms with Crippen molar-refractivity contribution in [2.24, 2.45) is 5.73 Å². The highest BCUT2D eigenvalue weighted by Gasteiger charge is 2.30. The predicted molar refractivity (Wildman–Crippen MR) is 44.2 cm³/mol. The number of hydrogen-bond donors (Lipinski definition) is 1. The molecule has 1 heterocycles. The number of carbonyl (C=O) groups is 1. The fourth-order valence-corrected chi connectivity index (χ4v) is 2.61. The van der Waals surface area contributed by atoms with E-state index in [1.54, 1.807) is 6.92 Å². The van der Waals surface area contributed by atoms with Crippen LogP contribution in [0.4, 0.5) is 0 Å². The molecule has 58 valence electrons. The monoisotopic (exact) mass is 159 g/mol. The van der Waals surface area contributed by atoms with Crippen LogP contribution in [0.3, 0.4) is 0 Å². The van der Waals surface area contributed by atoms with Gasteiger partial charge in [0.25, 0.3) is 0 Å². The van der Waals surface area contributed by atoms with E-state index in [-0.39, 0.29) is 11.3 Å². The summed E-state index contributed by atoms with van der Waals surface area (Å²) in [6.45, 7) is 1.61. The van der Waals surface area contributed by atoms with E-state index < -0.39 is 0 Å². The molecule has 0 amide bonds. The van der Waals surface area contributed by atoms with Gasteiger partial charge in [0.15, 0.2) is 0 Å². The van der Waals surface area contributed by atoms with Crippen LogP contribution in [0.2, 0.25) is 0 Å². The van der Waals surface area contributed by atoms with Crippen LogP contribution in [0.25, 0.3) is 0 Å². The smallest absolute Gasteiger partial charge is 0.131 e.